The van der Waals surface area contributed by atoms with Gasteiger partial charge in [0.05, 0.1) is 18.6 Å². The van der Waals surface area contributed by atoms with E-state index in [4.69, 9.17) is 4.74 Å². The van der Waals surface area contributed by atoms with Crippen LogP contribution in [0, 0.1) is 5.41 Å². The normalized spacial score (nSPS) is 18.6. The number of H-pyrrole nitrogens is 1. The number of aromatic amines is 1. The number of amides is 1. The molecule has 0 atom stereocenters. The van der Waals surface area contributed by atoms with Gasteiger partial charge < -0.3 is 4.74 Å². The molecule has 6 heteroatoms. The smallest absolute Gasteiger partial charge is 0.237 e. The van der Waals surface area contributed by atoms with Crippen LogP contribution < -0.4 is 5.32 Å². The van der Waals surface area contributed by atoms with Crippen molar-refractivity contribution in [3.63, 3.8) is 0 Å². The maximum atomic E-state index is 11.8. The maximum Gasteiger partial charge on any atom is 0.237 e. The third-order valence-electron chi connectivity index (χ3n) is 2.56. The van der Waals surface area contributed by atoms with Gasteiger partial charge in [0.2, 0.25) is 11.9 Å². The van der Waals surface area contributed by atoms with Gasteiger partial charge in [0.1, 0.15) is 6.33 Å². The highest BCUT2D eigenvalue weighted by molar-refractivity contribution is 5.94. The first-order valence-electron chi connectivity index (χ1n) is 4.51. The molecule has 76 valence electrons. The van der Waals surface area contributed by atoms with E-state index in [9.17, 15) is 4.79 Å². The fourth-order valence-corrected chi connectivity index (χ4v) is 1.35. The van der Waals surface area contributed by atoms with Crippen LogP contribution in [-0.4, -0.2) is 34.3 Å². The molecule has 1 aliphatic heterocycles. The molecule has 0 unspecified atom stereocenters. The zero-order valence-electron chi connectivity index (χ0n) is 7.91. The lowest BCUT2D eigenvalue weighted by Gasteiger charge is -2.38. The predicted molar refractivity (Wildman–Crippen MR) is 48.6 cm³/mol. The number of hydrogen-bond acceptors (Lipinski definition) is 4. The fourth-order valence-electron chi connectivity index (χ4n) is 1.35. The largest absolute Gasteiger partial charge is 0.379 e. The Morgan fingerprint density at radius 3 is 3.00 bits per heavy atom. The molecule has 1 saturated heterocycles. The van der Waals surface area contributed by atoms with Crippen LogP contribution in [0.4, 0.5) is 5.95 Å². The quantitative estimate of drug-likeness (QED) is 0.722. The number of hydrogen-bond donors (Lipinski definition) is 2. The molecule has 2 rings (SSSR count). The average molecular weight is 196 g/mol. The van der Waals surface area contributed by atoms with Crippen LogP contribution in [0.1, 0.15) is 13.3 Å². The molecule has 0 aliphatic carbocycles. The first-order valence-corrected chi connectivity index (χ1v) is 4.51. The van der Waals surface area contributed by atoms with E-state index in [1.807, 2.05) is 6.92 Å². The van der Waals surface area contributed by atoms with Gasteiger partial charge in [-0.2, -0.15) is 10.1 Å². The second-order valence-corrected chi connectivity index (χ2v) is 3.41. The van der Waals surface area contributed by atoms with E-state index < -0.39 is 0 Å². The van der Waals surface area contributed by atoms with Gasteiger partial charge in [0.15, 0.2) is 0 Å². The van der Waals surface area contributed by atoms with E-state index in [0.29, 0.717) is 19.2 Å². The minimum Gasteiger partial charge on any atom is -0.379 e. The number of carbonyl (C=O) groups excluding carboxylic acids is 1. The van der Waals surface area contributed by atoms with Crippen molar-refractivity contribution in [1.82, 2.24) is 15.2 Å². The Morgan fingerprint density at radius 1 is 1.79 bits per heavy atom. The Balaban J connectivity index is 2.01. The number of rotatable bonds is 3. The molecule has 1 aliphatic rings. The van der Waals surface area contributed by atoms with E-state index in [1.165, 1.54) is 6.33 Å². The summed E-state index contributed by atoms with van der Waals surface area (Å²) in [4.78, 5) is 15.6. The first-order chi connectivity index (χ1) is 6.77. The molecule has 2 N–H and O–H groups in total. The number of nitrogens with zero attached hydrogens (tertiary/aromatic N) is 2. The first kappa shape index (κ1) is 9.14. The minimum absolute atomic E-state index is 0.0528. The highest BCUT2D eigenvalue weighted by Crippen LogP contribution is 2.32. The zero-order chi connectivity index (χ0) is 10.0. The van der Waals surface area contributed by atoms with Crippen LogP contribution in [0.15, 0.2) is 6.33 Å². The summed E-state index contributed by atoms with van der Waals surface area (Å²) in [5, 5.41) is 8.89. The van der Waals surface area contributed by atoms with Gasteiger partial charge >= 0.3 is 0 Å². The Bertz CT molecular complexity index is 313. The Morgan fingerprint density at radius 2 is 2.57 bits per heavy atom. The highest BCUT2D eigenvalue weighted by atomic mass is 16.5. The number of carbonyl (C=O) groups is 1. The van der Waals surface area contributed by atoms with Gasteiger partial charge in [0.25, 0.3) is 0 Å². The Kier molecular flexibility index (Phi) is 2.20. The monoisotopic (exact) mass is 196 g/mol. The van der Waals surface area contributed by atoms with Crippen molar-refractivity contribution in [2.75, 3.05) is 18.5 Å². The topological polar surface area (TPSA) is 79.9 Å². The van der Waals surface area contributed by atoms with Crippen molar-refractivity contribution in [2.24, 2.45) is 5.41 Å². The molecule has 1 fully saturated rings. The Labute approximate surface area is 81.1 Å². The second-order valence-electron chi connectivity index (χ2n) is 3.41. The molecule has 1 aromatic heterocycles. The van der Waals surface area contributed by atoms with E-state index in [0.717, 1.165) is 6.42 Å². The van der Waals surface area contributed by atoms with Crippen molar-refractivity contribution in [1.29, 1.82) is 0 Å². The number of nitrogens with one attached hydrogen (secondary N) is 2. The van der Waals surface area contributed by atoms with Crippen LogP contribution in [0.25, 0.3) is 0 Å². The third-order valence-corrected chi connectivity index (χ3v) is 2.56. The van der Waals surface area contributed by atoms with Crippen LogP contribution >= 0.6 is 0 Å². The van der Waals surface area contributed by atoms with E-state index in [2.05, 4.69) is 20.5 Å². The minimum atomic E-state index is -0.368. The van der Waals surface area contributed by atoms with Crippen molar-refractivity contribution in [3.8, 4) is 0 Å². The van der Waals surface area contributed by atoms with Crippen LogP contribution in [0.3, 0.4) is 0 Å². The van der Waals surface area contributed by atoms with Gasteiger partial charge in [0, 0.05) is 0 Å². The molecule has 0 spiro atoms. The van der Waals surface area contributed by atoms with Crippen molar-refractivity contribution < 1.29 is 9.53 Å². The van der Waals surface area contributed by atoms with Gasteiger partial charge in [-0.15, -0.1) is 0 Å². The van der Waals surface area contributed by atoms with E-state index >= 15 is 0 Å². The molecule has 14 heavy (non-hydrogen) atoms. The van der Waals surface area contributed by atoms with Gasteiger partial charge in [-0.1, -0.05) is 6.92 Å². The highest BCUT2D eigenvalue weighted by Gasteiger charge is 2.44. The fraction of sp³-hybridized carbons (Fsp3) is 0.625. The summed E-state index contributed by atoms with van der Waals surface area (Å²) in [5.41, 5.74) is -0.368. The molecular weight excluding hydrogens is 184 g/mol. The number of ether oxygens (including phenoxy) is 1. The summed E-state index contributed by atoms with van der Waals surface area (Å²) in [6.45, 7) is 2.95. The summed E-state index contributed by atoms with van der Waals surface area (Å²) in [6.07, 6.45) is 2.12. The van der Waals surface area contributed by atoms with Crippen LogP contribution in [0.5, 0.6) is 0 Å². The average Bonchev–Trinajstić information content (AvgIpc) is 2.55. The summed E-state index contributed by atoms with van der Waals surface area (Å²) in [5.74, 6) is 0.331. The molecule has 1 aromatic rings. The molecule has 2 heterocycles. The lowest BCUT2D eigenvalue weighted by atomic mass is 9.82. The predicted octanol–water partition coefficient (Wildman–Crippen LogP) is 0.170. The lowest BCUT2D eigenvalue weighted by Crippen LogP contribution is -2.51. The molecule has 0 radical (unpaired) electrons. The number of aromatic nitrogens is 3. The summed E-state index contributed by atoms with van der Waals surface area (Å²) < 4.78 is 5.06. The SMILES string of the molecule is CCC1(C(=O)Nc2ncn[nH]2)COC1. The molecule has 0 bridgehead atoms. The summed E-state index contributed by atoms with van der Waals surface area (Å²) >= 11 is 0. The molecule has 0 aromatic carbocycles. The third kappa shape index (κ3) is 1.37. The second kappa shape index (κ2) is 3.38. The zero-order valence-corrected chi connectivity index (χ0v) is 7.91. The van der Waals surface area contributed by atoms with E-state index in [1.54, 1.807) is 0 Å². The van der Waals surface area contributed by atoms with Crippen molar-refractivity contribution in [2.45, 2.75) is 13.3 Å². The Hall–Kier alpha value is -1.43. The van der Waals surface area contributed by atoms with Crippen molar-refractivity contribution >= 4 is 11.9 Å². The van der Waals surface area contributed by atoms with Gasteiger partial charge in [-0.05, 0) is 6.42 Å². The molecule has 6 nitrogen and oxygen atoms in total. The molecular formula is C8H12N4O2. The molecule has 1 amide bonds. The summed E-state index contributed by atoms with van der Waals surface area (Å²) in [7, 11) is 0. The van der Waals surface area contributed by atoms with Crippen LogP contribution in [-0.2, 0) is 9.53 Å². The number of anilines is 1. The molecule has 0 saturated carbocycles. The van der Waals surface area contributed by atoms with E-state index in [-0.39, 0.29) is 11.3 Å². The summed E-state index contributed by atoms with van der Waals surface area (Å²) in [6, 6.07) is 0. The standard InChI is InChI=1S/C8H12N4O2/c1-2-8(3-14-4-8)6(13)11-7-9-5-10-12-7/h5H,2-4H2,1H3,(H2,9,10,11,12,13). The van der Waals surface area contributed by atoms with Crippen molar-refractivity contribution in [3.05, 3.63) is 6.33 Å². The van der Waals surface area contributed by atoms with Gasteiger partial charge in [-0.3, -0.25) is 10.1 Å². The van der Waals surface area contributed by atoms with Crippen LogP contribution in [0.2, 0.25) is 0 Å². The lowest BCUT2D eigenvalue weighted by molar-refractivity contribution is -0.156. The van der Waals surface area contributed by atoms with Gasteiger partial charge in [-0.25, -0.2) is 5.10 Å². The maximum absolute atomic E-state index is 11.8.